The Labute approximate surface area is 157 Å². The maximum Gasteiger partial charge on any atom is 0.231 e. The van der Waals surface area contributed by atoms with Crippen LogP contribution >= 0.6 is 0 Å². The number of rotatable bonds is 4. The summed E-state index contributed by atoms with van der Waals surface area (Å²) >= 11 is 0. The minimum atomic E-state index is 0.474. The van der Waals surface area contributed by atoms with Crippen LogP contribution in [0.3, 0.4) is 0 Å². The molecule has 0 bridgehead atoms. The van der Waals surface area contributed by atoms with Gasteiger partial charge in [0.05, 0.1) is 0 Å². The minimum absolute atomic E-state index is 0.474. The molecular formula is C21H20N6. The fraction of sp³-hybridized carbons (Fsp3) is 0.143. The average Bonchev–Trinajstić information content (AvgIpc) is 2.65. The highest BCUT2D eigenvalue weighted by Gasteiger charge is 2.11. The van der Waals surface area contributed by atoms with E-state index in [1.165, 1.54) is 5.56 Å². The van der Waals surface area contributed by atoms with Gasteiger partial charge in [-0.1, -0.05) is 24.3 Å². The van der Waals surface area contributed by atoms with Crippen LogP contribution < -0.4 is 10.6 Å². The van der Waals surface area contributed by atoms with Crippen molar-refractivity contribution in [2.45, 2.75) is 20.8 Å². The fourth-order valence-corrected chi connectivity index (χ4v) is 2.86. The zero-order valence-electron chi connectivity index (χ0n) is 15.5. The molecule has 0 saturated carbocycles. The van der Waals surface area contributed by atoms with Crippen LogP contribution in [0.5, 0.6) is 0 Å². The quantitative estimate of drug-likeness (QED) is 0.545. The highest BCUT2D eigenvalue weighted by atomic mass is 15.2. The molecule has 2 heterocycles. The van der Waals surface area contributed by atoms with E-state index in [1.807, 2.05) is 31.2 Å². The van der Waals surface area contributed by atoms with Crippen LogP contribution in [0.15, 0.2) is 54.9 Å². The van der Waals surface area contributed by atoms with Crippen LogP contribution in [-0.4, -0.2) is 19.9 Å². The highest BCUT2D eigenvalue weighted by molar-refractivity contribution is 5.86. The average molecular weight is 356 g/mol. The van der Waals surface area contributed by atoms with Gasteiger partial charge in [-0.3, -0.25) is 0 Å². The van der Waals surface area contributed by atoms with Crippen molar-refractivity contribution in [3.05, 3.63) is 71.5 Å². The van der Waals surface area contributed by atoms with Crippen LogP contribution in [0.4, 0.5) is 23.1 Å². The second-order valence-electron chi connectivity index (χ2n) is 6.56. The van der Waals surface area contributed by atoms with Crippen molar-refractivity contribution in [1.29, 1.82) is 0 Å². The lowest BCUT2D eigenvalue weighted by Crippen LogP contribution is -2.05. The zero-order chi connectivity index (χ0) is 18.8. The number of benzene rings is 2. The summed E-state index contributed by atoms with van der Waals surface area (Å²) in [6.07, 6.45) is 3.28. The second kappa shape index (κ2) is 6.99. The Morgan fingerprint density at radius 2 is 1.59 bits per heavy atom. The molecule has 0 aliphatic rings. The van der Waals surface area contributed by atoms with Crippen molar-refractivity contribution >= 4 is 34.3 Å². The van der Waals surface area contributed by atoms with E-state index in [0.717, 1.165) is 22.5 Å². The summed E-state index contributed by atoms with van der Waals surface area (Å²) in [5.74, 6) is 1.10. The van der Waals surface area contributed by atoms with Crippen LogP contribution in [-0.2, 0) is 0 Å². The predicted molar refractivity (Wildman–Crippen MR) is 109 cm³/mol. The van der Waals surface area contributed by atoms with Gasteiger partial charge in [0.15, 0.2) is 17.0 Å². The van der Waals surface area contributed by atoms with Gasteiger partial charge >= 0.3 is 0 Å². The Balaban J connectivity index is 1.77. The van der Waals surface area contributed by atoms with Crippen molar-refractivity contribution in [2.24, 2.45) is 0 Å². The molecule has 0 unspecified atom stereocenters. The summed E-state index contributed by atoms with van der Waals surface area (Å²) < 4.78 is 0. The first-order valence-electron chi connectivity index (χ1n) is 8.75. The van der Waals surface area contributed by atoms with Crippen LogP contribution in [0, 0.1) is 20.8 Å². The topological polar surface area (TPSA) is 75.6 Å². The maximum atomic E-state index is 4.66. The second-order valence-corrected chi connectivity index (χ2v) is 6.56. The van der Waals surface area contributed by atoms with E-state index >= 15 is 0 Å². The number of hydrogen-bond acceptors (Lipinski definition) is 6. The lowest BCUT2D eigenvalue weighted by atomic mass is 10.1. The Kier molecular flexibility index (Phi) is 4.38. The molecule has 2 N–H and O–H groups in total. The number of aryl methyl sites for hydroxylation is 3. The van der Waals surface area contributed by atoms with Gasteiger partial charge in [-0.15, -0.1) is 0 Å². The molecule has 0 saturated heterocycles. The zero-order valence-corrected chi connectivity index (χ0v) is 15.5. The minimum Gasteiger partial charge on any atom is -0.338 e. The van der Waals surface area contributed by atoms with Gasteiger partial charge in [0.2, 0.25) is 5.95 Å². The molecule has 0 amide bonds. The Morgan fingerprint density at radius 3 is 2.44 bits per heavy atom. The van der Waals surface area contributed by atoms with Crippen molar-refractivity contribution in [3.63, 3.8) is 0 Å². The largest absolute Gasteiger partial charge is 0.338 e. The maximum absolute atomic E-state index is 4.66. The Bertz CT molecular complexity index is 1120. The van der Waals surface area contributed by atoms with Crippen molar-refractivity contribution in [1.82, 2.24) is 19.9 Å². The molecule has 0 fully saturated rings. The van der Waals surface area contributed by atoms with E-state index in [2.05, 4.69) is 62.6 Å². The Hall–Kier alpha value is -3.54. The van der Waals surface area contributed by atoms with Crippen molar-refractivity contribution in [3.8, 4) is 0 Å². The van der Waals surface area contributed by atoms with E-state index in [-0.39, 0.29) is 0 Å². The number of anilines is 4. The van der Waals surface area contributed by atoms with E-state index in [0.29, 0.717) is 22.9 Å². The third kappa shape index (κ3) is 3.69. The first-order valence-corrected chi connectivity index (χ1v) is 8.75. The summed E-state index contributed by atoms with van der Waals surface area (Å²) in [5, 5.41) is 6.66. The molecule has 0 radical (unpaired) electrons. The van der Waals surface area contributed by atoms with Gasteiger partial charge in [-0.2, -0.15) is 9.97 Å². The van der Waals surface area contributed by atoms with E-state index in [4.69, 9.17) is 0 Å². The third-order valence-corrected chi connectivity index (χ3v) is 4.25. The molecule has 0 aliphatic carbocycles. The highest BCUT2D eigenvalue weighted by Crippen LogP contribution is 2.26. The molecule has 0 aliphatic heterocycles. The number of aromatic nitrogens is 4. The van der Waals surface area contributed by atoms with Crippen molar-refractivity contribution in [2.75, 3.05) is 10.6 Å². The summed E-state index contributed by atoms with van der Waals surface area (Å²) in [6, 6.07) is 14.3. The van der Waals surface area contributed by atoms with E-state index in [1.54, 1.807) is 12.4 Å². The summed E-state index contributed by atoms with van der Waals surface area (Å²) in [6.45, 7) is 6.17. The summed E-state index contributed by atoms with van der Waals surface area (Å²) in [5.41, 5.74) is 6.55. The first-order chi connectivity index (χ1) is 13.1. The van der Waals surface area contributed by atoms with Gasteiger partial charge in [-0.25, -0.2) is 9.97 Å². The van der Waals surface area contributed by atoms with Crippen LogP contribution in [0.25, 0.3) is 11.2 Å². The van der Waals surface area contributed by atoms with E-state index < -0.39 is 0 Å². The van der Waals surface area contributed by atoms with Crippen LogP contribution in [0.2, 0.25) is 0 Å². The van der Waals surface area contributed by atoms with Crippen molar-refractivity contribution < 1.29 is 0 Å². The fourth-order valence-electron chi connectivity index (χ4n) is 2.86. The van der Waals surface area contributed by atoms with Gasteiger partial charge in [0.25, 0.3) is 0 Å². The molecule has 4 rings (SSSR count). The van der Waals surface area contributed by atoms with Gasteiger partial charge in [0, 0.05) is 23.8 Å². The first kappa shape index (κ1) is 16.9. The normalized spacial score (nSPS) is 10.8. The number of nitrogens with one attached hydrogen (secondary N) is 2. The molecule has 4 aromatic rings. The van der Waals surface area contributed by atoms with Gasteiger partial charge < -0.3 is 10.6 Å². The van der Waals surface area contributed by atoms with Gasteiger partial charge in [0.1, 0.15) is 0 Å². The lowest BCUT2D eigenvalue weighted by Gasteiger charge is -2.13. The monoisotopic (exact) mass is 356 g/mol. The van der Waals surface area contributed by atoms with Crippen LogP contribution in [0.1, 0.15) is 16.7 Å². The lowest BCUT2D eigenvalue weighted by molar-refractivity contribution is 1.14. The standard InChI is InChI=1S/C21H20N6/c1-13-5-4-6-16(11-13)24-21-26-19-18(22-9-10-23-19)20(27-21)25-17-12-14(2)7-8-15(17)3/h4-12H,1-3H3,(H2,23,24,25,26,27). The molecule has 134 valence electrons. The third-order valence-electron chi connectivity index (χ3n) is 4.25. The molecule has 6 heteroatoms. The molecule has 27 heavy (non-hydrogen) atoms. The summed E-state index contributed by atoms with van der Waals surface area (Å²) in [4.78, 5) is 17.9. The number of hydrogen-bond donors (Lipinski definition) is 2. The SMILES string of the molecule is Cc1cccc(Nc2nc(Nc3cc(C)ccc3C)c3nccnc3n2)c1. The molecule has 6 nitrogen and oxygen atoms in total. The van der Waals surface area contributed by atoms with E-state index in [9.17, 15) is 0 Å². The molecule has 0 atom stereocenters. The Morgan fingerprint density at radius 1 is 0.778 bits per heavy atom. The predicted octanol–water partition coefficient (Wildman–Crippen LogP) is 4.83. The molecular weight excluding hydrogens is 336 g/mol. The van der Waals surface area contributed by atoms with Gasteiger partial charge in [-0.05, 0) is 55.7 Å². The number of fused-ring (bicyclic) bond motifs is 1. The smallest absolute Gasteiger partial charge is 0.231 e. The molecule has 2 aromatic carbocycles. The summed E-state index contributed by atoms with van der Waals surface area (Å²) in [7, 11) is 0. The molecule has 0 spiro atoms. The molecule has 2 aromatic heterocycles. The number of nitrogens with zero attached hydrogens (tertiary/aromatic N) is 4.